The second-order valence-corrected chi connectivity index (χ2v) is 4.10. The van der Waals surface area contributed by atoms with E-state index in [-0.39, 0.29) is 6.42 Å². The van der Waals surface area contributed by atoms with Crippen molar-refractivity contribution in [3.8, 4) is 6.07 Å². The summed E-state index contributed by atoms with van der Waals surface area (Å²) in [5.74, 6) is -0.802. The van der Waals surface area contributed by atoms with E-state index >= 15 is 0 Å². The molecule has 1 N–H and O–H groups in total. The number of rotatable bonds is 5. The molecule has 1 rings (SSSR count). The van der Waals surface area contributed by atoms with Crippen LogP contribution in [-0.4, -0.2) is 24.7 Å². The highest BCUT2D eigenvalue weighted by Crippen LogP contribution is 2.25. The zero-order valence-electron chi connectivity index (χ0n) is 9.48. The largest absolute Gasteiger partial charge is 0.481 e. The Morgan fingerprint density at radius 2 is 2.29 bits per heavy atom. The Morgan fingerprint density at radius 1 is 1.59 bits per heavy atom. The van der Waals surface area contributed by atoms with Crippen LogP contribution in [0.5, 0.6) is 0 Å². The maximum absolute atomic E-state index is 10.4. The molecule has 0 aliphatic carbocycles. The lowest BCUT2D eigenvalue weighted by atomic mass is 10.2. The number of aliphatic carboxylic acids is 1. The van der Waals surface area contributed by atoms with E-state index in [0.29, 0.717) is 23.6 Å². The maximum atomic E-state index is 10.4. The van der Waals surface area contributed by atoms with E-state index in [0.717, 1.165) is 5.69 Å². The first-order valence-electron chi connectivity index (χ1n) is 5.17. The van der Waals surface area contributed by atoms with Crippen molar-refractivity contribution in [3.63, 3.8) is 0 Å². The fourth-order valence-electron chi connectivity index (χ4n) is 1.47. The summed E-state index contributed by atoms with van der Waals surface area (Å²) in [5.41, 5.74) is 1.31. The molecule has 0 atom stereocenters. The van der Waals surface area contributed by atoms with Gasteiger partial charge in [-0.3, -0.25) is 4.79 Å². The monoisotopic (exact) mass is 252 g/mol. The second-order valence-electron chi connectivity index (χ2n) is 3.70. The predicted octanol–water partition coefficient (Wildman–Crippen LogP) is 2.51. The summed E-state index contributed by atoms with van der Waals surface area (Å²) >= 11 is 6.04. The summed E-state index contributed by atoms with van der Waals surface area (Å²) in [6.45, 7) is 0.609. The van der Waals surface area contributed by atoms with Crippen molar-refractivity contribution >= 4 is 23.3 Å². The van der Waals surface area contributed by atoms with E-state index in [1.54, 1.807) is 18.2 Å². The summed E-state index contributed by atoms with van der Waals surface area (Å²) in [4.78, 5) is 12.3. The Balaban J connectivity index is 2.66. The lowest BCUT2D eigenvalue weighted by Gasteiger charge is -2.20. The van der Waals surface area contributed by atoms with Gasteiger partial charge < -0.3 is 10.0 Å². The molecule has 90 valence electrons. The number of carboxylic acid groups (broad SMARTS) is 1. The molecular formula is C12H13ClN2O2. The van der Waals surface area contributed by atoms with Crippen LogP contribution in [0.1, 0.15) is 18.4 Å². The smallest absolute Gasteiger partial charge is 0.303 e. The molecule has 17 heavy (non-hydrogen) atoms. The number of anilines is 1. The minimum atomic E-state index is -0.802. The first-order valence-corrected chi connectivity index (χ1v) is 5.55. The van der Waals surface area contributed by atoms with Crippen molar-refractivity contribution in [2.24, 2.45) is 0 Å². The second kappa shape index (κ2) is 6.12. The summed E-state index contributed by atoms with van der Waals surface area (Å²) in [6, 6.07) is 7.07. The van der Waals surface area contributed by atoms with Crippen LogP contribution in [-0.2, 0) is 4.79 Å². The van der Waals surface area contributed by atoms with Crippen molar-refractivity contribution in [2.45, 2.75) is 12.8 Å². The summed E-state index contributed by atoms with van der Waals surface area (Å²) in [6.07, 6.45) is 0.695. The highest BCUT2D eigenvalue weighted by Gasteiger charge is 2.07. The van der Waals surface area contributed by atoms with E-state index in [1.807, 2.05) is 18.0 Å². The third kappa shape index (κ3) is 3.97. The molecule has 0 aliphatic heterocycles. The van der Waals surface area contributed by atoms with Gasteiger partial charge in [0.2, 0.25) is 0 Å². The Bertz CT molecular complexity index is 454. The number of nitrogens with zero attached hydrogens (tertiary/aromatic N) is 2. The molecule has 0 spiro atoms. The number of carbonyl (C=O) groups is 1. The van der Waals surface area contributed by atoms with Crippen molar-refractivity contribution in [2.75, 3.05) is 18.5 Å². The SMILES string of the molecule is CN(CCCC(=O)O)c1ccc(C#N)cc1Cl. The van der Waals surface area contributed by atoms with Crippen LogP contribution in [0.2, 0.25) is 5.02 Å². The zero-order valence-corrected chi connectivity index (χ0v) is 10.2. The van der Waals surface area contributed by atoms with Crippen LogP contribution in [0.25, 0.3) is 0 Å². The van der Waals surface area contributed by atoms with Gasteiger partial charge in [0.15, 0.2) is 0 Å². The molecule has 0 aromatic heterocycles. The molecule has 0 saturated heterocycles. The van der Waals surface area contributed by atoms with Gasteiger partial charge in [0, 0.05) is 20.0 Å². The first-order chi connectivity index (χ1) is 8.04. The fourth-order valence-corrected chi connectivity index (χ4v) is 1.80. The van der Waals surface area contributed by atoms with Crippen molar-refractivity contribution in [1.29, 1.82) is 5.26 Å². The number of carboxylic acids is 1. The Labute approximate surface area is 105 Å². The number of hydrogen-bond acceptors (Lipinski definition) is 3. The molecule has 0 saturated carbocycles. The molecular weight excluding hydrogens is 240 g/mol. The number of nitriles is 1. The van der Waals surface area contributed by atoms with Gasteiger partial charge in [-0.1, -0.05) is 11.6 Å². The first kappa shape index (κ1) is 13.3. The van der Waals surface area contributed by atoms with E-state index in [9.17, 15) is 4.79 Å². The van der Waals surface area contributed by atoms with E-state index in [2.05, 4.69) is 0 Å². The third-order valence-corrected chi connectivity index (χ3v) is 2.67. The zero-order chi connectivity index (χ0) is 12.8. The third-order valence-electron chi connectivity index (χ3n) is 2.37. The lowest BCUT2D eigenvalue weighted by Crippen LogP contribution is -2.19. The van der Waals surface area contributed by atoms with Gasteiger partial charge in [0.1, 0.15) is 0 Å². The summed E-state index contributed by atoms with van der Waals surface area (Å²) < 4.78 is 0. The van der Waals surface area contributed by atoms with E-state index in [4.69, 9.17) is 22.0 Å². The van der Waals surface area contributed by atoms with Gasteiger partial charge in [0.05, 0.1) is 22.3 Å². The molecule has 4 nitrogen and oxygen atoms in total. The molecule has 0 aliphatic rings. The number of halogens is 1. The number of hydrogen-bond donors (Lipinski definition) is 1. The topological polar surface area (TPSA) is 64.3 Å². The average molecular weight is 253 g/mol. The molecule has 0 radical (unpaired) electrons. The molecule has 0 unspecified atom stereocenters. The van der Waals surface area contributed by atoms with Gasteiger partial charge in [-0.25, -0.2) is 0 Å². The van der Waals surface area contributed by atoms with Crippen LogP contribution >= 0.6 is 11.6 Å². The highest BCUT2D eigenvalue weighted by molar-refractivity contribution is 6.33. The molecule has 0 heterocycles. The van der Waals surface area contributed by atoms with Crippen LogP contribution in [0.3, 0.4) is 0 Å². The van der Waals surface area contributed by atoms with E-state index in [1.165, 1.54) is 0 Å². The molecule has 0 amide bonds. The molecule has 1 aromatic carbocycles. The van der Waals surface area contributed by atoms with Crippen LogP contribution in [0.15, 0.2) is 18.2 Å². The van der Waals surface area contributed by atoms with Gasteiger partial charge in [0.25, 0.3) is 0 Å². The predicted molar refractivity (Wildman–Crippen MR) is 66.3 cm³/mol. The quantitative estimate of drug-likeness (QED) is 0.875. The van der Waals surface area contributed by atoms with Crippen molar-refractivity contribution in [1.82, 2.24) is 0 Å². The molecule has 0 bridgehead atoms. The maximum Gasteiger partial charge on any atom is 0.303 e. The standard InChI is InChI=1S/C12H13ClN2O2/c1-15(6-2-3-12(16)17)11-5-4-9(8-14)7-10(11)13/h4-5,7H,2-3,6H2,1H3,(H,16,17). The Kier molecular flexibility index (Phi) is 4.80. The molecule has 0 fully saturated rings. The van der Waals surface area contributed by atoms with Gasteiger partial charge in [-0.05, 0) is 24.6 Å². The Morgan fingerprint density at radius 3 is 2.82 bits per heavy atom. The molecule has 5 heteroatoms. The Hall–Kier alpha value is -1.73. The minimum absolute atomic E-state index is 0.137. The van der Waals surface area contributed by atoms with E-state index < -0.39 is 5.97 Å². The fraction of sp³-hybridized carbons (Fsp3) is 0.333. The van der Waals surface area contributed by atoms with Gasteiger partial charge >= 0.3 is 5.97 Å². The lowest BCUT2D eigenvalue weighted by molar-refractivity contribution is -0.137. The average Bonchev–Trinajstić information content (AvgIpc) is 2.28. The minimum Gasteiger partial charge on any atom is -0.481 e. The van der Waals surface area contributed by atoms with Gasteiger partial charge in [-0.2, -0.15) is 5.26 Å². The van der Waals surface area contributed by atoms with Crippen LogP contribution in [0, 0.1) is 11.3 Å². The van der Waals surface area contributed by atoms with Crippen molar-refractivity contribution < 1.29 is 9.90 Å². The summed E-state index contributed by atoms with van der Waals surface area (Å²) in [5, 5.41) is 17.7. The summed E-state index contributed by atoms with van der Waals surface area (Å²) in [7, 11) is 1.84. The number of benzene rings is 1. The highest BCUT2D eigenvalue weighted by atomic mass is 35.5. The van der Waals surface area contributed by atoms with Crippen LogP contribution < -0.4 is 4.90 Å². The molecule has 1 aromatic rings. The van der Waals surface area contributed by atoms with Gasteiger partial charge in [-0.15, -0.1) is 0 Å². The normalized spacial score (nSPS) is 9.71. The van der Waals surface area contributed by atoms with Crippen molar-refractivity contribution in [3.05, 3.63) is 28.8 Å². The van der Waals surface area contributed by atoms with Crippen LogP contribution in [0.4, 0.5) is 5.69 Å².